The van der Waals surface area contributed by atoms with E-state index in [9.17, 15) is 21.6 Å². The van der Waals surface area contributed by atoms with Crippen LogP contribution in [0, 0.1) is 6.92 Å². The molecule has 0 N–H and O–H groups in total. The van der Waals surface area contributed by atoms with Crippen molar-refractivity contribution in [3.05, 3.63) is 35.5 Å². The van der Waals surface area contributed by atoms with Crippen LogP contribution >= 0.6 is 0 Å². The molecule has 0 spiro atoms. The van der Waals surface area contributed by atoms with Crippen LogP contribution in [0.5, 0.6) is 0 Å². The predicted octanol–water partition coefficient (Wildman–Crippen LogP) is 2.78. The number of rotatable bonds is 1. The van der Waals surface area contributed by atoms with E-state index in [0.717, 1.165) is 22.4 Å². The average Bonchev–Trinajstić information content (AvgIpc) is 2.54. The molecule has 0 aliphatic heterocycles. The Kier molecular flexibility index (Phi) is 2.69. The second kappa shape index (κ2) is 3.74. The summed E-state index contributed by atoms with van der Waals surface area (Å²) >= 11 is 0. The van der Waals surface area contributed by atoms with Crippen molar-refractivity contribution in [3.8, 4) is 0 Å². The van der Waals surface area contributed by atoms with Gasteiger partial charge >= 0.3 is 6.18 Å². The number of aryl methyl sites for hydroxylation is 1. The monoisotopic (exact) mass is 277 g/mol. The number of benzene rings is 1. The molecule has 18 heavy (non-hydrogen) atoms. The second-order valence-electron chi connectivity index (χ2n) is 4.10. The lowest BCUT2D eigenvalue weighted by Gasteiger charge is -2.08. The van der Waals surface area contributed by atoms with Crippen molar-refractivity contribution >= 4 is 20.9 Å². The summed E-state index contributed by atoms with van der Waals surface area (Å²) in [6.45, 7) is 1.65. The van der Waals surface area contributed by atoms with Gasteiger partial charge in [-0.1, -0.05) is 6.07 Å². The standard InChI is InChI=1S/C11H10F3NO2S/c1-7-6-15(18(2,16)17)10-5-8(11(12,13)14)3-4-9(7)10/h3-6H,1-2H3. The second-order valence-corrected chi connectivity index (χ2v) is 5.96. The van der Waals surface area contributed by atoms with Gasteiger partial charge in [0.1, 0.15) is 0 Å². The molecule has 98 valence electrons. The molecule has 0 fully saturated rings. The van der Waals surface area contributed by atoms with Crippen molar-refractivity contribution in [3.63, 3.8) is 0 Å². The minimum absolute atomic E-state index is 0.0461. The zero-order valence-electron chi connectivity index (χ0n) is 9.62. The third-order valence-corrected chi connectivity index (χ3v) is 3.67. The van der Waals surface area contributed by atoms with E-state index in [4.69, 9.17) is 0 Å². The zero-order chi connectivity index (χ0) is 13.7. The lowest BCUT2D eigenvalue weighted by atomic mass is 10.1. The van der Waals surface area contributed by atoms with Gasteiger partial charge in [0.25, 0.3) is 0 Å². The number of fused-ring (bicyclic) bond motifs is 1. The number of nitrogens with zero attached hydrogens (tertiary/aromatic N) is 1. The Morgan fingerprint density at radius 2 is 1.83 bits per heavy atom. The molecule has 1 aromatic heterocycles. The van der Waals surface area contributed by atoms with Crippen LogP contribution in [-0.4, -0.2) is 18.6 Å². The van der Waals surface area contributed by atoms with E-state index in [1.165, 1.54) is 12.3 Å². The van der Waals surface area contributed by atoms with Crippen molar-refractivity contribution in [2.24, 2.45) is 0 Å². The van der Waals surface area contributed by atoms with Gasteiger partial charge in [-0.15, -0.1) is 0 Å². The first-order valence-electron chi connectivity index (χ1n) is 5.00. The van der Waals surface area contributed by atoms with Crippen molar-refractivity contribution in [2.75, 3.05) is 6.26 Å². The minimum Gasteiger partial charge on any atom is -0.245 e. The summed E-state index contributed by atoms with van der Waals surface area (Å²) in [6.07, 6.45) is -2.22. The van der Waals surface area contributed by atoms with Gasteiger partial charge in [0.2, 0.25) is 10.0 Å². The lowest BCUT2D eigenvalue weighted by Crippen LogP contribution is -2.09. The summed E-state index contributed by atoms with van der Waals surface area (Å²) in [5.74, 6) is 0. The molecule has 2 rings (SSSR count). The largest absolute Gasteiger partial charge is 0.416 e. The predicted molar refractivity (Wildman–Crippen MR) is 61.9 cm³/mol. The van der Waals surface area contributed by atoms with Crippen LogP contribution in [0.2, 0.25) is 0 Å². The number of halogens is 3. The number of hydrogen-bond acceptors (Lipinski definition) is 2. The Labute approximate surface area is 102 Å². The summed E-state index contributed by atoms with van der Waals surface area (Å²) in [5.41, 5.74) is -0.202. The zero-order valence-corrected chi connectivity index (χ0v) is 10.4. The highest BCUT2D eigenvalue weighted by molar-refractivity contribution is 7.89. The minimum atomic E-state index is -4.49. The molecule has 0 radical (unpaired) electrons. The molecular formula is C11H10F3NO2S. The maximum absolute atomic E-state index is 12.6. The molecule has 0 amide bonds. The summed E-state index contributed by atoms with van der Waals surface area (Å²) in [6, 6.07) is 3.08. The first-order valence-corrected chi connectivity index (χ1v) is 6.85. The number of alkyl halides is 3. The van der Waals surface area contributed by atoms with Crippen molar-refractivity contribution in [1.29, 1.82) is 0 Å². The summed E-state index contributed by atoms with van der Waals surface area (Å²) in [4.78, 5) is 0. The van der Waals surface area contributed by atoms with Crippen LogP contribution in [0.1, 0.15) is 11.1 Å². The molecule has 1 aromatic carbocycles. The van der Waals surface area contributed by atoms with Crippen LogP contribution < -0.4 is 0 Å². The molecule has 0 saturated heterocycles. The van der Waals surface area contributed by atoms with Gasteiger partial charge in [0.15, 0.2) is 0 Å². The molecule has 3 nitrogen and oxygen atoms in total. The van der Waals surface area contributed by atoms with E-state index in [2.05, 4.69) is 0 Å². The van der Waals surface area contributed by atoms with Crippen LogP contribution in [0.3, 0.4) is 0 Å². The molecule has 7 heteroatoms. The highest BCUT2D eigenvalue weighted by Crippen LogP contribution is 2.33. The maximum Gasteiger partial charge on any atom is 0.416 e. The van der Waals surface area contributed by atoms with E-state index in [1.54, 1.807) is 6.92 Å². The van der Waals surface area contributed by atoms with E-state index in [-0.39, 0.29) is 5.52 Å². The maximum atomic E-state index is 12.6. The first kappa shape index (κ1) is 12.9. The van der Waals surface area contributed by atoms with Crippen LogP contribution in [-0.2, 0) is 16.2 Å². The highest BCUT2D eigenvalue weighted by Gasteiger charge is 2.31. The molecule has 0 atom stereocenters. The topological polar surface area (TPSA) is 39.1 Å². The Hall–Kier alpha value is -1.50. The Morgan fingerprint density at radius 1 is 1.22 bits per heavy atom. The van der Waals surface area contributed by atoms with Gasteiger partial charge in [-0.25, -0.2) is 12.4 Å². The fourth-order valence-corrected chi connectivity index (χ4v) is 2.67. The number of aromatic nitrogens is 1. The fourth-order valence-electron chi connectivity index (χ4n) is 1.81. The van der Waals surface area contributed by atoms with Gasteiger partial charge in [0.05, 0.1) is 17.3 Å². The van der Waals surface area contributed by atoms with E-state index in [0.29, 0.717) is 10.9 Å². The molecule has 2 aromatic rings. The third-order valence-electron chi connectivity index (χ3n) is 2.66. The van der Waals surface area contributed by atoms with E-state index >= 15 is 0 Å². The lowest BCUT2D eigenvalue weighted by molar-refractivity contribution is -0.137. The summed E-state index contributed by atoms with van der Waals surface area (Å²) in [5, 5.41) is 0.494. The molecule has 0 saturated carbocycles. The fraction of sp³-hybridized carbons (Fsp3) is 0.273. The van der Waals surface area contributed by atoms with Crippen LogP contribution in [0.15, 0.2) is 24.4 Å². The molecule has 0 aliphatic rings. The molecular weight excluding hydrogens is 267 g/mol. The third kappa shape index (κ3) is 2.10. The summed E-state index contributed by atoms with van der Waals surface area (Å²) < 4.78 is 61.7. The van der Waals surface area contributed by atoms with Gasteiger partial charge < -0.3 is 0 Å². The SMILES string of the molecule is Cc1cn(S(C)(=O)=O)c2cc(C(F)(F)F)ccc12. The first-order chi connectivity index (χ1) is 8.10. The average molecular weight is 277 g/mol. The summed E-state index contributed by atoms with van der Waals surface area (Å²) in [7, 11) is -3.62. The number of hydrogen-bond donors (Lipinski definition) is 0. The van der Waals surface area contributed by atoms with Crippen LogP contribution in [0.4, 0.5) is 13.2 Å². The van der Waals surface area contributed by atoms with Gasteiger partial charge in [-0.3, -0.25) is 0 Å². The molecule has 0 unspecified atom stereocenters. The Bertz CT molecular complexity index is 714. The Balaban J connectivity index is 2.83. The molecule has 0 bridgehead atoms. The highest BCUT2D eigenvalue weighted by atomic mass is 32.2. The smallest absolute Gasteiger partial charge is 0.245 e. The van der Waals surface area contributed by atoms with Gasteiger partial charge in [0, 0.05) is 11.6 Å². The Morgan fingerprint density at radius 3 is 2.33 bits per heavy atom. The van der Waals surface area contributed by atoms with Crippen molar-refractivity contribution < 1.29 is 21.6 Å². The molecule has 0 aliphatic carbocycles. The van der Waals surface area contributed by atoms with Gasteiger partial charge in [-0.05, 0) is 24.6 Å². The van der Waals surface area contributed by atoms with Crippen molar-refractivity contribution in [2.45, 2.75) is 13.1 Å². The van der Waals surface area contributed by atoms with Gasteiger partial charge in [-0.2, -0.15) is 13.2 Å². The van der Waals surface area contributed by atoms with Crippen LogP contribution in [0.25, 0.3) is 10.9 Å². The van der Waals surface area contributed by atoms with Crippen molar-refractivity contribution in [1.82, 2.24) is 3.97 Å². The normalized spacial score (nSPS) is 13.2. The van der Waals surface area contributed by atoms with E-state index in [1.807, 2.05) is 0 Å². The quantitative estimate of drug-likeness (QED) is 0.804. The van der Waals surface area contributed by atoms with E-state index < -0.39 is 21.8 Å². The molecule has 1 heterocycles.